The van der Waals surface area contributed by atoms with Crippen LogP contribution in [0.1, 0.15) is 70.4 Å². The molecule has 0 aliphatic carbocycles. The molecule has 0 spiro atoms. The molecule has 242 valence electrons. The van der Waals surface area contributed by atoms with E-state index >= 15 is 0 Å². The monoisotopic (exact) mass is 608 g/mol. The van der Waals surface area contributed by atoms with Crippen LogP contribution < -0.4 is 20.3 Å². The van der Waals surface area contributed by atoms with Crippen molar-refractivity contribution in [2.45, 2.75) is 83.6 Å². The van der Waals surface area contributed by atoms with Crippen LogP contribution in [-0.2, 0) is 31.2 Å². The minimum Gasteiger partial charge on any atom is -0.479 e. The molecule has 1 aromatic heterocycles. The van der Waals surface area contributed by atoms with E-state index in [0.29, 0.717) is 18.6 Å². The summed E-state index contributed by atoms with van der Waals surface area (Å²) in [4.78, 5) is 19.6. The Morgan fingerprint density at radius 2 is 1.95 bits per heavy atom. The van der Waals surface area contributed by atoms with Gasteiger partial charge in [-0.1, -0.05) is 19.9 Å². The van der Waals surface area contributed by atoms with E-state index in [1.807, 2.05) is 24.5 Å². The number of piperidine rings is 1. The minimum absolute atomic E-state index is 0.150. The second kappa shape index (κ2) is 15.0. The molecule has 3 aliphatic rings. The van der Waals surface area contributed by atoms with Crippen LogP contribution in [0.5, 0.6) is 5.75 Å². The third-order valence-corrected chi connectivity index (χ3v) is 9.48. The largest absolute Gasteiger partial charge is 0.479 e. The second-order valence-electron chi connectivity index (χ2n) is 13.6. The molecule has 2 saturated heterocycles. The Morgan fingerprint density at radius 1 is 1.16 bits per heavy atom. The van der Waals surface area contributed by atoms with Crippen molar-refractivity contribution in [2.75, 3.05) is 58.0 Å². The average Bonchev–Trinajstić information content (AvgIpc) is 3.04. The quantitative estimate of drug-likeness (QED) is 0.313. The summed E-state index contributed by atoms with van der Waals surface area (Å²) in [5.74, 6) is 1.57. The van der Waals surface area contributed by atoms with Crippen LogP contribution in [0.25, 0.3) is 0 Å². The first kappa shape index (κ1) is 32.7. The zero-order valence-corrected chi connectivity index (χ0v) is 27.1. The first-order valence-electron chi connectivity index (χ1n) is 16.4. The average molecular weight is 609 g/mol. The third-order valence-electron chi connectivity index (χ3n) is 9.48. The Hall–Kier alpha value is -2.72. The van der Waals surface area contributed by atoms with Gasteiger partial charge in [-0.2, -0.15) is 0 Å². The normalized spacial score (nSPS) is 24.4. The molecule has 0 saturated carbocycles. The molecule has 0 bridgehead atoms. The minimum atomic E-state index is -0.467. The highest BCUT2D eigenvalue weighted by atomic mass is 16.5. The molecule has 44 heavy (non-hydrogen) atoms. The lowest BCUT2D eigenvalue weighted by Crippen LogP contribution is -2.48. The number of aromatic nitrogens is 1. The number of pyridine rings is 1. The van der Waals surface area contributed by atoms with E-state index in [-0.39, 0.29) is 12.0 Å². The van der Waals surface area contributed by atoms with Crippen LogP contribution in [0.15, 0.2) is 42.7 Å². The van der Waals surface area contributed by atoms with Crippen LogP contribution in [0.4, 0.5) is 5.69 Å². The number of hydrogen-bond acceptors (Lipinski definition) is 8. The summed E-state index contributed by atoms with van der Waals surface area (Å²) in [6, 6.07) is 10.8. The lowest BCUT2D eigenvalue weighted by molar-refractivity contribution is -0.130. The van der Waals surface area contributed by atoms with Gasteiger partial charge in [0.05, 0.1) is 24.9 Å². The molecule has 2 N–H and O–H groups in total. The SMILES string of the molecule is COCCCN1C[C@](C)(c2ccncc2)Oc2ccc(CO[C@@H]3CCC(CC(C)(C)C(=O)NCC4CCOCC4)NC3)cc21. The van der Waals surface area contributed by atoms with Crippen molar-refractivity contribution in [3.05, 3.63) is 53.9 Å². The van der Waals surface area contributed by atoms with Crippen molar-refractivity contribution in [3.8, 4) is 5.75 Å². The number of ether oxygens (including phenoxy) is 4. The number of nitrogens with zero attached hydrogens (tertiary/aromatic N) is 2. The number of hydrogen-bond donors (Lipinski definition) is 2. The number of benzene rings is 1. The van der Waals surface area contributed by atoms with E-state index in [9.17, 15) is 4.79 Å². The van der Waals surface area contributed by atoms with Gasteiger partial charge in [0.15, 0.2) is 0 Å². The lowest BCUT2D eigenvalue weighted by atomic mass is 9.82. The number of fused-ring (bicyclic) bond motifs is 1. The molecule has 3 aliphatic heterocycles. The number of carbonyl (C=O) groups is 1. The van der Waals surface area contributed by atoms with Crippen molar-refractivity contribution >= 4 is 11.6 Å². The Morgan fingerprint density at radius 3 is 2.68 bits per heavy atom. The van der Waals surface area contributed by atoms with Crippen molar-refractivity contribution < 1.29 is 23.7 Å². The highest BCUT2D eigenvalue weighted by molar-refractivity contribution is 5.81. The van der Waals surface area contributed by atoms with E-state index in [1.54, 1.807) is 7.11 Å². The van der Waals surface area contributed by atoms with Crippen LogP contribution >= 0.6 is 0 Å². The molecule has 9 nitrogen and oxygen atoms in total. The zero-order chi connectivity index (χ0) is 31.0. The summed E-state index contributed by atoms with van der Waals surface area (Å²) >= 11 is 0. The van der Waals surface area contributed by atoms with Gasteiger partial charge < -0.3 is 34.5 Å². The number of nitrogens with one attached hydrogen (secondary N) is 2. The van der Waals surface area contributed by atoms with E-state index in [1.165, 1.54) is 0 Å². The predicted molar refractivity (Wildman–Crippen MR) is 172 cm³/mol. The number of anilines is 1. The Balaban J connectivity index is 1.12. The highest BCUT2D eigenvalue weighted by Crippen LogP contribution is 2.42. The molecular weight excluding hydrogens is 556 g/mol. The highest BCUT2D eigenvalue weighted by Gasteiger charge is 2.38. The first-order chi connectivity index (χ1) is 21.3. The van der Waals surface area contributed by atoms with Gasteiger partial charge in [0, 0.05) is 70.4 Å². The summed E-state index contributed by atoms with van der Waals surface area (Å²) in [7, 11) is 1.75. The van der Waals surface area contributed by atoms with Gasteiger partial charge in [0.2, 0.25) is 5.91 Å². The third kappa shape index (κ3) is 8.50. The maximum atomic E-state index is 13.0. The molecular formula is C35H52N4O5. The molecule has 5 rings (SSSR count). The zero-order valence-electron chi connectivity index (χ0n) is 27.1. The number of methoxy groups -OCH3 is 1. The van der Waals surface area contributed by atoms with Crippen LogP contribution in [0, 0.1) is 11.3 Å². The van der Waals surface area contributed by atoms with Crippen molar-refractivity contribution in [1.82, 2.24) is 15.6 Å². The van der Waals surface area contributed by atoms with Gasteiger partial charge in [-0.05, 0) is 86.8 Å². The van der Waals surface area contributed by atoms with Crippen molar-refractivity contribution in [2.24, 2.45) is 11.3 Å². The van der Waals surface area contributed by atoms with Gasteiger partial charge in [-0.3, -0.25) is 9.78 Å². The van der Waals surface area contributed by atoms with Crippen LogP contribution in [-0.4, -0.2) is 76.1 Å². The number of rotatable bonds is 13. The van der Waals surface area contributed by atoms with E-state index in [2.05, 4.69) is 59.5 Å². The first-order valence-corrected chi connectivity index (χ1v) is 16.4. The molecule has 1 unspecified atom stereocenters. The molecule has 3 atom stereocenters. The summed E-state index contributed by atoms with van der Waals surface area (Å²) in [6.45, 7) is 12.3. The van der Waals surface area contributed by atoms with Gasteiger partial charge in [-0.15, -0.1) is 0 Å². The second-order valence-corrected chi connectivity index (χ2v) is 13.6. The molecule has 0 radical (unpaired) electrons. The molecule has 1 aromatic carbocycles. The maximum absolute atomic E-state index is 13.0. The summed E-state index contributed by atoms with van der Waals surface area (Å²) in [5, 5.41) is 6.88. The molecule has 2 aromatic rings. The standard InChI is InChI=1S/C35H52N4O5/c1-34(2,33(40)38-22-26-12-18-42-19-13-26)21-29-7-8-30(23-37-29)43-24-27-6-9-32-31(20-27)39(16-5-17-41-4)25-35(3,44-32)28-10-14-36-15-11-28/h6,9-11,14-15,20,26,29-30,37H,5,7-8,12-13,16-19,21-25H2,1-4H3,(H,38,40)/t29?,30-,35-/m1/s1. The van der Waals surface area contributed by atoms with Crippen molar-refractivity contribution in [1.29, 1.82) is 0 Å². The van der Waals surface area contributed by atoms with Gasteiger partial charge in [0.25, 0.3) is 0 Å². The lowest BCUT2D eigenvalue weighted by Gasteiger charge is -2.43. The predicted octanol–water partition coefficient (Wildman–Crippen LogP) is 4.83. The van der Waals surface area contributed by atoms with E-state index in [0.717, 1.165) is 107 Å². The maximum Gasteiger partial charge on any atom is 0.225 e. The molecule has 4 heterocycles. The smallest absolute Gasteiger partial charge is 0.225 e. The fourth-order valence-electron chi connectivity index (χ4n) is 6.72. The number of amides is 1. The Bertz CT molecular complexity index is 1200. The summed E-state index contributed by atoms with van der Waals surface area (Å²) in [6.07, 6.45) is 9.60. The van der Waals surface area contributed by atoms with Crippen molar-refractivity contribution in [3.63, 3.8) is 0 Å². The molecule has 1 amide bonds. The molecule has 2 fully saturated rings. The Kier molecular flexibility index (Phi) is 11.2. The fraction of sp³-hybridized carbons (Fsp3) is 0.657. The fourth-order valence-corrected chi connectivity index (χ4v) is 6.72. The Labute approximate surface area is 263 Å². The van der Waals surface area contributed by atoms with Crippen LogP contribution in [0.3, 0.4) is 0 Å². The van der Waals surface area contributed by atoms with Gasteiger partial charge in [-0.25, -0.2) is 0 Å². The summed E-state index contributed by atoms with van der Waals surface area (Å²) in [5.41, 5.74) is 2.48. The van der Waals surface area contributed by atoms with Crippen LogP contribution in [0.2, 0.25) is 0 Å². The summed E-state index contributed by atoms with van der Waals surface area (Å²) < 4.78 is 23.8. The number of carbonyl (C=O) groups excluding carboxylic acids is 1. The van der Waals surface area contributed by atoms with Gasteiger partial charge >= 0.3 is 0 Å². The molecule has 9 heteroatoms. The van der Waals surface area contributed by atoms with E-state index < -0.39 is 11.0 Å². The topological polar surface area (TPSA) is 94.2 Å². The van der Waals surface area contributed by atoms with E-state index in [4.69, 9.17) is 18.9 Å². The van der Waals surface area contributed by atoms with Gasteiger partial charge in [0.1, 0.15) is 11.4 Å².